The van der Waals surface area contributed by atoms with Crippen LogP contribution in [0.15, 0.2) is 121 Å². The van der Waals surface area contributed by atoms with Gasteiger partial charge in [0.15, 0.2) is 0 Å². The standard InChI is InChI=1S/C36H24F6N4O4/c37-35(38,39)25-7-3-11-29(19-25)45-33(49)23-5-1-9-27(17-23)43-31(47)21-13-15-22(16-14-21)32(48)44-28-10-2-6-24(18-28)34(50)46-30-12-4-8-26(20-30)36(40,41)42/h1-20H,(H,43,47)(H,44,48)(H,45,49)(H,46,50). The van der Waals surface area contributed by atoms with E-state index in [0.29, 0.717) is 0 Å². The van der Waals surface area contributed by atoms with Crippen LogP contribution < -0.4 is 21.3 Å². The van der Waals surface area contributed by atoms with Crippen LogP contribution in [-0.4, -0.2) is 23.6 Å². The average molecular weight is 691 g/mol. The molecule has 0 atom stereocenters. The Morgan fingerprint density at radius 3 is 0.960 bits per heavy atom. The molecule has 0 saturated heterocycles. The van der Waals surface area contributed by atoms with Crippen molar-refractivity contribution in [3.8, 4) is 0 Å². The molecular formula is C36H24F6N4O4. The SMILES string of the molecule is O=C(Nc1cccc(C(=O)Nc2cccc(C(F)(F)F)c2)c1)c1ccc(C(=O)Nc2cccc(C(=O)Nc3cccc(C(F)(F)F)c3)c2)cc1. The van der Waals surface area contributed by atoms with Gasteiger partial charge in [0.25, 0.3) is 23.6 Å². The molecule has 5 aromatic rings. The average Bonchev–Trinajstić information content (AvgIpc) is 3.08. The zero-order valence-electron chi connectivity index (χ0n) is 25.4. The number of carbonyl (C=O) groups excluding carboxylic acids is 4. The molecule has 4 amide bonds. The lowest BCUT2D eigenvalue weighted by atomic mass is 10.1. The van der Waals surface area contributed by atoms with Crippen LogP contribution in [0.2, 0.25) is 0 Å². The van der Waals surface area contributed by atoms with Gasteiger partial charge in [-0.3, -0.25) is 19.2 Å². The zero-order chi connectivity index (χ0) is 36.1. The van der Waals surface area contributed by atoms with Crippen LogP contribution >= 0.6 is 0 Å². The number of hydrogen-bond donors (Lipinski definition) is 4. The van der Waals surface area contributed by atoms with Gasteiger partial charge < -0.3 is 21.3 Å². The van der Waals surface area contributed by atoms with E-state index < -0.39 is 47.1 Å². The van der Waals surface area contributed by atoms with Crippen LogP contribution in [-0.2, 0) is 12.4 Å². The van der Waals surface area contributed by atoms with Crippen molar-refractivity contribution in [3.63, 3.8) is 0 Å². The van der Waals surface area contributed by atoms with Crippen molar-refractivity contribution in [1.29, 1.82) is 0 Å². The smallest absolute Gasteiger partial charge is 0.322 e. The second-order valence-electron chi connectivity index (χ2n) is 10.7. The Bertz CT molecular complexity index is 1930. The van der Waals surface area contributed by atoms with E-state index in [1.54, 1.807) is 0 Å². The van der Waals surface area contributed by atoms with E-state index in [0.717, 1.165) is 24.3 Å². The van der Waals surface area contributed by atoms with Crippen molar-refractivity contribution in [2.24, 2.45) is 0 Å². The van der Waals surface area contributed by atoms with Gasteiger partial charge in [0, 0.05) is 45.0 Å². The van der Waals surface area contributed by atoms with E-state index in [2.05, 4.69) is 21.3 Å². The highest BCUT2D eigenvalue weighted by atomic mass is 19.4. The van der Waals surface area contributed by atoms with Crippen molar-refractivity contribution in [2.75, 3.05) is 21.3 Å². The van der Waals surface area contributed by atoms with Crippen LogP contribution in [0.5, 0.6) is 0 Å². The number of carbonyl (C=O) groups is 4. The molecule has 0 aromatic heterocycles. The topological polar surface area (TPSA) is 116 Å². The van der Waals surface area contributed by atoms with Crippen LogP contribution in [0, 0.1) is 0 Å². The van der Waals surface area contributed by atoms with E-state index >= 15 is 0 Å². The van der Waals surface area contributed by atoms with Crippen molar-refractivity contribution in [2.45, 2.75) is 12.4 Å². The number of alkyl halides is 6. The number of halogens is 6. The number of hydrogen-bond acceptors (Lipinski definition) is 4. The molecule has 0 bridgehead atoms. The first-order chi connectivity index (χ1) is 23.7. The van der Waals surface area contributed by atoms with E-state index in [4.69, 9.17) is 0 Å². The summed E-state index contributed by atoms with van der Waals surface area (Å²) < 4.78 is 78.1. The molecule has 0 heterocycles. The minimum absolute atomic E-state index is 0.0596. The van der Waals surface area contributed by atoms with Crippen molar-refractivity contribution in [3.05, 3.63) is 155 Å². The minimum Gasteiger partial charge on any atom is -0.322 e. The molecule has 0 aliphatic carbocycles. The molecule has 0 saturated carbocycles. The molecule has 4 N–H and O–H groups in total. The Hall–Kier alpha value is -6.44. The maximum atomic E-state index is 13.0. The first kappa shape index (κ1) is 34.9. The van der Waals surface area contributed by atoms with Crippen molar-refractivity contribution >= 4 is 46.4 Å². The van der Waals surface area contributed by atoms with Gasteiger partial charge in [-0.25, -0.2) is 0 Å². The van der Waals surface area contributed by atoms with E-state index in [1.165, 1.54) is 97.1 Å². The summed E-state index contributed by atoms with van der Waals surface area (Å²) in [5, 5.41) is 10.0. The quantitative estimate of drug-likeness (QED) is 0.122. The highest BCUT2D eigenvalue weighted by Crippen LogP contribution is 2.32. The Kier molecular flexibility index (Phi) is 10.0. The summed E-state index contributed by atoms with van der Waals surface area (Å²) in [7, 11) is 0. The fraction of sp³-hybridized carbons (Fsp3) is 0.0556. The van der Waals surface area contributed by atoms with Crippen LogP contribution in [0.25, 0.3) is 0 Å². The van der Waals surface area contributed by atoms with Crippen LogP contribution in [0.1, 0.15) is 52.6 Å². The summed E-state index contributed by atoms with van der Waals surface area (Å²) in [6.45, 7) is 0. The van der Waals surface area contributed by atoms with Gasteiger partial charge in [0.1, 0.15) is 0 Å². The summed E-state index contributed by atoms with van der Waals surface area (Å²) >= 11 is 0. The first-order valence-corrected chi connectivity index (χ1v) is 14.6. The molecule has 8 nitrogen and oxygen atoms in total. The monoisotopic (exact) mass is 690 g/mol. The number of anilines is 4. The van der Waals surface area contributed by atoms with Crippen LogP contribution in [0.3, 0.4) is 0 Å². The summed E-state index contributed by atoms with van der Waals surface area (Å²) in [6.07, 6.45) is -9.16. The molecule has 5 rings (SSSR count). The number of amides is 4. The Morgan fingerprint density at radius 2 is 0.640 bits per heavy atom. The molecule has 0 spiro atoms. The van der Waals surface area contributed by atoms with Crippen molar-refractivity contribution in [1.82, 2.24) is 0 Å². The van der Waals surface area contributed by atoms with Gasteiger partial charge in [-0.15, -0.1) is 0 Å². The lowest BCUT2D eigenvalue weighted by Gasteiger charge is -2.11. The van der Waals surface area contributed by atoms with Gasteiger partial charge in [0.2, 0.25) is 0 Å². The Labute approximate surface area is 280 Å². The third-order valence-corrected chi connectivity index (χ3v) is 7.07. The zero-order valence-corrected chi connectivity index (χ0v) is 25.4. The Balaban J connectivity index is 1.18. The molecular weight excluding hydrogens is 666 g/mol. The summed E-state index contributed by atoms with van der Waals surface area (Å²) in [5.74, 6) is -2.55. The van der Waals surface area contributed by atoms with E-state index in [1.807, 2.05) is 0 Å². The molecule has 0 radical (unpaired) electrons. The molecule has 5 aromatic carbocycles. The fourth-order valence-corrected chi connectivity index (χ4v) is 4.61. The predicted molar refractivity (Wildman–Crippen MR) is 174 cm³/mol. The number of benzene rings is 5. The largest absolute Gasteiger partial charge is 0.416 e. The highest BCUT2D eigenvalue weighted by molar-refractivity contribution is 6.09. The third kappa shape index (κ3) is 8.92. The van der Waals surface area contributed by atoms with E-state index in [-0.39, 0.29) is 45.0 Å². The van der Waals surface area contributed by atoms with Gasteiger partial charge in [0.05, 0.1) is 11.1 Å². The molecule has 50 heavy (non-hydrogen) atoms. The maximum Gasteiger partial charge on any atom is 0.416 e. The molecule has 254 valence electrons. The fourth-order valence-electron chi connectivity index (χ4n) is 4.61. The minimum atomic E-state index is -4.58. The third-order valence-electron chi connectivity index (χ3n) is 7.07. The van der Waals surface area contributed by atoms with Gasteiger partial charge >= 0.3 is 12.4 Å². The molecule has 14 heteroatoms. The van der Waals surface area contributed by atoms with Crippen molar-refractivity contribution < 1.29 is 45.5 Å². The molecule has 0 fully saturated rings. The van der Waals surface area contributed by atoms with Gasteiger partial charge in [-0.05, 0) is 97.1 Å². The maximum absolute atomic E-state index is 13.0. The molecule has 0 aliphatic heterocycles. The first-order valence-electron chi connectivity index (χ1n) is 14.6. The second-order valence-corrected chi connectivity index (χ2v) is 10.7. The van der Waals surface area contributed by atoms with E-state index in [9.17, 15) is 45.5 Å². The van der Waals surface area contributed by atoms with Crippen LogP contribution in [0.4, 0.5) is 49.1 Å². The normalized spacial score (nSPS) is 11.3. The summed E-state index contributed by atoms with van der Waals surface area (Å²) in [5.41, 5.74) is -1.04. The predicted octanol–water partition coefficient (Wildman–Crippen LogP) is 8.73. The highest BCUT2D eigenvalue weighted by Gasteiger charge is 2.31. The lowest BCUT2D eigenvalue weighted by molar-refractivity contribution is -0.138. The number of nitrogens with one attached hydrogen (secondary N) is 4. The number of rotatable bonds is 8. The summed E-state index contributed by atoms with van der Waals surface area (Å²) in [6, 6.07) is 25.4. The lowest BCUT2D eigenvalue weighted by Crippen LogP contribution is -2.16. The van der Waals surface area contributed by atoms with Gasteiger partial charge in [-0.1, -0.05) is 24.3 Å². The van der Waals surface area contributed by atoms with Gasteiger partial charge in [-0.2, -0.15) is 26.3 Å². The second kappa shape index (κ2) is 14.4. The Morgan fingerprint density at radius 1 is 0.360 bits per heavy atom. The molecule has 0 aliphatic rings. The summed E-state index contributed by atoms with van der Waals surface area (Å²) in [4.78, 5) is 51.1. The molecule has 0 unspecified atom stereocenters.